The van der Waals surface area contributed by atoms with Crippen LogP contribution in [0.4, 0.5) is 22.0 Å². The molecule has 0 heterocycles. The Morgan fingerprint density at radius 2 is 1.75 bits per heavy atom. The third kappa shape index (κ3) is 2.95. The maximum absolute atomic E-state index is 12.4. The van der Waals surface area contributed by atoms with Crippen LogP contribution in [0.5, 0.6) is 0 Å². The zero-order valence-corrected chi connectivity index (χ0v) is 6.37. The van der Waals surface area contributed by atoms with Gasteiger partial charge >= 0.3 is 0 Å². The first kappa shape index (κ1) is 11.6. The van der Waals surface area contributed by atoms with Crippen LogP contribution in [0.15, 0.2) is 0 Å². The Morgan fingerprint density at radius 3 is 2.08 bits per heavy atom. The van der Waals surface area contributed by atoms with Crippen LogP contribution in [0, 0.1) is 6.92 Å². The van der Waals surface area contributed by atoms with Crippen LogP contribution >= 0.6 is 0 Å². The van der Waals surface area contributed by atoms with Crippen molar-refractivity contribution >= 4 is 0 Å². The van der Waals surface area contributed by atoms with Gasteiger partial charge in [-0.25, -0.2) is 17.6 Å². The van der Waals surface area contributed by atoms with Gasteiger partial charge < -0.3 is 0 Å². The summed E-state index contributed by atoms with van der Waals surface area (Å²) in [6.07, 6.45) is -7.27. The molecule has 0 amide bonds. The molecule has 0 aliphatic heterocycles. The Hall–Kier alpha value is -0.350. The molecule has 0 saturated carbocycles. The standard InChI is InChI=1S/C7H10F5/c1-2-7(11,12)6(10)5(9)3-4-8/h5-6H,1-4H2/t5?,6-/m0/s1. The van der Waals surface area contributed by atoms with Crippen LogP contribution in [0.3, 0.4) is 0 Å². The fourth-order valence-corrected chi connectivity index (χ4v) is 0.653. The first-order valence-corrected chi connectivity index (χ1v) is 3.47. The maximum Gasteiger partial charge on any atom is 0.281 e. The minimum Gasteiger partial charge on any atom is -0.251 e. The Balaban J connectivity index is 4.07. The lowest BCUT2D eigenvalue weighted by Crippen LogP contribution is -2.37. The van der Waals surface area contributed by atoms with Crippen molar-refractivity contribution in [2.24, 2.45) is 0 Å². The second-order valence-electron chi connectivity index (χ2n) is 2.41. The highest BCUT2D eigenvalue weighted by atomic mass is 19.3. The van der Waals surface area contributed by atoms with Crippen molar-refractivity contribution < 1.29 is 22.0 Å². The molecular weight excluding hydrogens is 179 g/mol. The molecule has 0 spiro atoms. The van der Waals surface area contributed by atoms with Crippen molar-refractivity contribution in [1.82, 2.24) is 0 Å². The van der Waals surface area contributed by atoms with E-state index < -0.39 is 37.8 Å². The number of alkyl halides is 5. The lowest BCUT2D eigenvalue weighted by molar-refractivity contribution is -0.0986. The molecule has 0 aromatic heterocycles. The number of rotatable bonds is 5. The van der Waals surface area contributed by atoms with Crippen LogP contribution in [0.1, 0.15) is 12.8 Å². The van der Waals surface area contributed by atoms with Gasteiger partial charge in [0.2, 0.25) is 0 Å². The maximum atomic E-state index is 12.4. The Labute approximate surface area is 67.8 Å². The number of hydrogen-bond donors (Lipinski definition) is 0. The van der Waals surface area contributed by atoms with Crippen LogP contribution in [0.25, 0.3) is 0 Å². The van der Waals surface area contributed by atoms with E-state index >= 15 is 0 Å². The Kier molecular flexibility index (Phi) is 4.49. The van der Waals surface area contributed by atoms with Crippen molar-refractivity contribution in [2.75, 3.05) is 6.67 Å². The van der Waals surface area contributed by atoms with E-state index in [0.717, 1.165) is 0 Å². The molecule has 0 saturated heterocycles. The smallest absolute Gasteiger partial charge is 0.251 e. The number of halogens is 5. The molecule has 1 radical (unpaired) electrons. The zero-order valence-electron chi connectivity index (χ0n) is 6.37. The summed E-state index contributed by atoms with van der Waals surface area (Å²) < 4.78 is 60.9. The molecule has 0 fully saturated rings. The van der Waals surface area contributed by atoms with Crippen molar-refractivity contribution in [3.63, 3.8) is 0 Å². The molecular formula is C7H10F5. The minimum absolute atomic E-state index is 0.837. The lowest BCUT2D eigenvalue weighted by atomic mass is 10.1. The fraction of sp³-hybridized carbons (Fsp3) is 0.857. The van der Waals surface area contributed by atoms with Gasteiger partial charge in [-0.05, 0) is 6.92 Å². The predicted molar refractivity (Wildman–Crippen MR) is 35.3 cm³/mol. The van der Waals surface area contributed by atoms with E-state index in [9.17, 15) is 22.0 Å². The summed E-state index contributed by atoms with van der Waals surface area (Å²) in [5.74, 6) is -3.80. The summed E-state index contributed by atoms with van der Waals surface area (Å²) in [5.41, 5.74) is 0. The van der Waals surface area contributed by atoms with Gasteiger partial charge in [-0.2, -0.15) is 0 Å². The quantitative estimate of drug-likeness (QED) is 0.583. The van der Waals surface area contributed by atoms with Crippen molar-refractivity contribution in [3.8, 4) is 0 Å². The second-order valence-corrected chi connectivity index (χ2v) is 2.41. The van der Waals surface area contributed by atoms with Crippen molar-refractivity contribution in [2.45, 2.75) is 31.1 Å². The van der Waals surface area contributed by atoms with Crippen molar-refractivity contribution in [1.29, 1.82) is 0 Å². The third-order valence-electron chi connectivity index (χ3n) is 1.44. The highest BCUT2D eigenvalue weighted by Gasteiger charge is 2.43. The fourth-order valence-electron chi connectivity index (χ4n) is 0.653. The molecule has 0 aliphatic rings. The van der Waals surface area contributed by atoms with E-state index in [2.05, 4.69) is 6.92 Å². The van der Waals surface area contributed by atoms with Gasteiger partial charge in [0.15, 0.2) is 6.17 Å². The van der Waals surface area contributed by atoms with Crippen LogP contribution < -0.4 is 0 Å². The highest BCUT2D eigenvalue weighted by Crippen LogP contribution is 2.29. The normalized spacial score (nSPS) is 17.5. The molecule has 0 aromatic carbocycles. The van der Waals surface area contributed by atoms with E-state index in [0.29, 0.717) is 0 Å². The monoisotopic (exact) mass is 189 g/mol. The first-order valence-electron chi connectivity index (χ1n) is 3.47. The molecule has 0 bridgehead atoms. The minimum atomic E-state index is -3.80. The van der Waals surface area contributed by atoms with Gasteiger partial charge in [-0.3, -0.25) is 4.39 Å². The van der Waals surface area contributed by atoms with E-state index in [-0.39, 0.29) is 0 Å². The Morgan fingerprint density at radius 1 is 1.25 bits per heavy atom. The van der Waals surface area contributed by atoms with Gasteiger partial charge in [0.25, 0.3) is 5.92 Å². The van der Waals surface area contributed by atoms with Gasteiger partial charge in [0.05, 0.1) is 6.67 Å². The van der Waals surface area contributed by atoms with E-state index in [1.165, 1.54) is 0 Å². The predicted octanol–water partition coefficient (Wildman–Crippen LogP) is 2.88. The van der Waals surface area contributed by atoms with Gasteiger partial charge in [-0.15, -0.1) is 0 Å². The van der Waals surface area contributed by atoms with Gasteiger partial charge in [-0.1, -0.05) is 0 Å². The summed E-state index contributed by atoms with van der Waals surface area (Å²) in [5, 5.41) is 0. The van der Waals surface area contributed by atoms with Gasteiger partial charge in [0, 0.05) is 12.8 Å². The SMILES string of the molecule is [CH2]CC(F)(F)[C@@H](F)C(F)CCF. The molecule has 12 heavy (non-hydrogen) atoms. The van der Waals surface area contributed by atoms with Crippen molar-refractivity contribution in [3.05, 3.63) is 6.92 Å². The summed E-state index contributed by atoms with van der Waals surface area (Å²) in [6.45, 7) is 1.63. The third-order valence-corrected chi connectivity index (χ3v) is 1.44. The summed E-state index contributed by atoms with van der Waals surface area (Å²) >= 11 is 0. The number of hydrogen-bond acceptors (Lipinski definition) is 0. The average molecular weight is 189 g/mol. The molecule has 5 heteroatoms. The molecule has 0 aromatic rings. The largest absolute Gasteiger partial charge is 0.281 e. The summed E-state index contributed by atoms with van der Waals surface area (Å²) in [6, 6.07) is 0. The summed E-state index contributed by atoms with van der Waals surface area (Å²) in [7, 11) is 0. The van der Waals surface area contributed by atoms with Crippen LogP contribution in [-0.2, 0) is 0 Å². The zero-order chi connectivity index (χ0) is 9.78. The van der Waals surface area contributed by atoms with E-state index in [4.69, 9.17) is 0 Å². The molecule has 0 N–H and O–H groups in total. The first-order chi connectivity index (χ1) is 5.45. The molecule has 1 unspecified atom stereocenters. The van der Waals surface area contributed by atoms with E-state index in [1.54, 1.807) is 0 Å². The van der Waals surface area contributed by atoms with Gasteiger partial charge in [0.1, 0.15) is 6.17 Å². The molecule has 0 aliphatic carbocycles. The van der Waals surface area contributed by atoms with Crippen LogP contribution in [-0.4, -0.2) is 24.9 Å². The average Bonchev–Trinajstić information content (AvgIpc) is 2.03. The second kappa shape index (κ2) is 4.62. The van der Waals surface area contributed by atoms with E-state index in [1.807, 2.05) is 0 Å². The Bertz CT molecular complexity index is 125. The molecule has 0 rings (SSSR count). The highest BCUT2D eigenvalue weighted by molar-refractivity contribution is 4.83. The molecule has 73 valence electrons. The topological polar surface area (TPSA) is 0 Å². The van der Waals surface area contributed by atoms with Crippen LogP contribution in [0.2, 0.25) is 0 Å². The molecule has 2 atom stereocenters. The summed E-state index contributed by atoms with van der Waals surface area (Å²) in [4.78, 5) is 0. The molecule has 0 nitrogen and oxygen atoms in total. The lowest BCUT2D eigenvalue weighted by Gasteiger charge is -2.21.